The fraction of sp³-hybridized carbons (Fsp3) is 0.429. The molecule has 0 aliphatic carbocycles. The number of hydrogen-bond donors (Lipinski definition) is 3. The van der Waals surface area contributed by atoms with Crippen molar-refractivity contribution in [3.05, 3.63) is 23.3 Å². The number of phenols is 1. The van der Waals surface area contributed by atoms with Crippen molar-refractivity contribution in [1.29, 1.82) is 0 Å². The lowest BCUT2D eigenvalue weighted by molar-refractivity contribution is 0.101. The van der Waals surface area contributed by atoms with Crippen LogP contribution in [0, 0.1) is 6.92 Å². The van der Waals surface area contributed by atoms with Gasteiger partial charge < -0.3 is 15.7 Å². The van der Waals surface area contributed by atoms with Crippen LogP contribution in [-0.2, 0) is 0 Å². The fourth-order valence-corrected chi connectivity index (χ4v) is 1.64. The molecule has 5 heteroatoms. The Morgan fingerprint density at radius 3 is 2.26 bits per heavy atom. The van der Waals surface area contributed by atoms with E-state index in [0.29, 0.717) is 0 Å². The van der Waals surface area contributed by atoms with E-state index in [-0.39, 0.29) is 28.3 Å². The van der Waals surface area contributed by atoms with E-state index in [2.05, 4.69) is 10.6 Å². The first kappa shape index (κ1) is 15.0. The molecule has 0 spiro atoms. The van der Waals surface area contributed by atoms with Crippen LogP contribution >= 0.6 is 0 Å². The zero-order valence-electron chi connectivity index (χ0n) is 11.9. The van der Waals surface area contributed by atoms with Crippen molar-refractivity contribution in [3.8, 4) is 5.75 Å². The second-order valence-electron chi connectivity index (χ2n) is 5.59. The molecule has 0 aliphatic heterocycles. The molecule has 1 aromatic rings. The van der Waals surface area contributed by atoms with E-state index in [9.17, 15) is 14.7 Å². The zero-order valence-corrected chi connectivity index (χ0v) is 11.9. The second-order valence-corrected chi connectivity index (χ2v) is 5.59. The predicted molar refractivity (Wildman–Crippen MR) is 74.8 cm³/mol. The first-order valence-electron chi connectivity index (χ1n) is 6.04. The van der Waals surface area contributed by atoms with Gasteiger partial charge in [-0.15, -0.1) is 0 Å². The van der Waals surface area contributed by atoms with Gasteiger partial charge in [0.2, 0.25) is 0 Å². The van der Waals surface area contributed by atoms with Crippen molar-refractivity contribution in [2.24, 2.45) is 0 Å². The monoisotopic (exact) mass is 264 g/mol. The summed E-state index contributed by atoms with van der Waals surface area (Å²) < 4.78 is 0. The van der Waals surface area contributed by atoms with Gasteiger partial charge >= 0.3 is 6.03 Å². The fourth-order valence-electron chi connectivity index (χ4n) is 1.64. The number of nitrogens with one attached hydrogen (secondary N) is 2. The summed E-state index contributed by atoms with van der Waals surface area (Å²) in [4.78, 5) is 23.2. The molecule has 1 rings (SSSR count). The Balaban J connectivity index is 3.02. The molecular weight excluding hydrogens is 244 g/mol. The maximum atomic E-state index is 11.8. The average molecular weight is 264 g/mol. The van der Waals surface area contributed by atoms with Crippen molar-refractivity contribution in [3.63, 3.8) is 0 Å². The minimum absolute atomic E-state index is 0.200. The van der Waals surface area contributed by atoms with E-state index >= 15 is 0 Å². The highest BCUT2D eigenvalue weighted by Gasteiger charge is 2.17. The van der Waals surface area contributed by atoms with Crippen molar-refractivity contribution < 1.29 is 14.7 Å². The van der Waals surface area contributed by atoms with Gasteiger partial charge in [0.25, 0.3) is 0 Å². The third-order valence-electron chi connectivity index (χ3n) is 2.37. The number of urea groups is 1. The topological polar surface area (TPSA) is 78.4 Å². The maximum absolute atomic E-state index is 11.8. The molecule has 0 unspecified atom stereocenters. The number of benzene rings is 1. The molecule has 5 nitrogen and oxygen atoms in total. The lowest BCUT2D eigenvalue weighted by Gasteiger charge is -2.21. The number of Topliss-reactive ketones (excluding diaryl/α,β-unsaturated/α-hetero) is 1. The Labute approximate surface area is 113 Å². The molecule has 1 aromatic carbocycles. The SMILES string of the molecule is CC(=O)c1cc(C)cc(NC(=O)NC(C)(C)C)c1O. The molecule has 0 radical (unpaired) electrons. The van der Waals surface area contributed by atoms with Crippen molar-refractivity contribution in [1.82, 2.24) is 5.32 Å². The zero-order chi connectivity index (χ0) is 14.8. The van der Waals surface area contributed by atoms with E-state index in [1.165, 1.54) is 6.92 Å². The molecule has 0 aromatic heterocycles. The van der Waals surface area contributed by atoms with Crippen molar-refractivity contribution >= 4 is 17.5 Å². The van der Waals surface area contributed by atoms with E-state index in [4.69, 9.17) is 0 Å². The average Bonchev–Trinajstić information content (AvgIpc) is 2.19. The number of anilines is 1. The molecule has 19 heavy (non-hydrogen) atoms. The smallest absolute Gasteiger partial charge is 0.319 e. The molecule has 0 aliphatic rings. The summed E-state index contributed by atoms with van der Waals surface area (Å²) in [5.41, 5.74) is 0.833. The highest BCUT2D eigenvalue weighted by Crippen LogP contribution is 2.29. The molecule has 2 amide bonds. The second kappa shape index (κ2) is 5.30. The van der Waals surface area contributed by atoms with Gasteiger partial charge in [0.05, 0.1) is 11.3 Å². The number of hydrogen-bond acceptors (Lipinski definition) is 3. The quantitative estimate of drug-likeness (QED) is 0.567. The molecule has 0 fully saturated rings. The molecular formula is C14H20N2O3. The van der Waals surface area contributed by atoms with E-state index < -0.39 is 6.03 Å². The van der Waals surface area contributed by atoms with Crippen LogP contribution in [0.3, 0.4) is 0 Å². The Morgan fingerprint density at radius 1 is 1.21 bits per heavy atom. The van der Waals surface area contributed by atoms with Gasteiger partial charge in [-0.25, -0.2) is 4.79 Å². The van der Waals surface area contributed by atoms with Gasteiger partial charge in [0.15, 0.2) is 5.78 Å². The van der Waals surface area contributed by atoms with Crippen molar-refractivity contribution in [2.75, 3.05) is 5.32 Å². The molecule has 0 saturated carbocycles. The number of amides is 2. The van der Waals surface area contributed by atoms with Crippen LogP contribution in [0.25, 0.3) is 0 Å². The number of phenolic OH excluding ortho intramolecular Hbond substituents is 1. The molecule has 0 heterocycles. The highest BCUT2D eigenvalue weighted by atomic mass is 16.3. The molecule has 0 bridgehead atoms. The number of aromatic hydroxyl groups is 1. The molecule has 0 saturated heterocycles. The summed E-state index contributed by atoms with van der Waals surface area (Å²) >= 11 is 0. The summed E-state index contributed by atoms with van der Waals surface area (Å²) in [6, 6.07) is 2.78. The first-order valence-corrected chi connectivity index (χ1v) is 6.04. The molecule has 3 N–H and O–H groups in total. The summed E-state index contributed by atoms with van der Waals surface area (Å²) in [5, 5.41) is 15.2. The van der Waals surface area contributed by atoms with Crippen molar-refractivity contribution in [2.45, 2.75) is 40.2 Å². The number of ketones is 1. The van der Waals surface area contributed by atoms with Gasteiger partial charge in [-0.2, -0.15) is 0 Å². The number of aryl methyl sites for hydroxylation is 1. The minimum atomic E-state index is -0.428. The highest BCUT2D eigenvalue weighted by molar-refractivity contribution is 6.01. The lowest BCUT2D eigenvalue weighted by Crippen LogP contribution is -2.43. The number of carbonyl (C=O) groups excluding carboxylic acids is 2. The molecule has 0 atom stereocenters. The van der Waals surface area contributed by atoms with Gasteiger partial charge in [-0.1, -0.05) is 0 Å². The van der Waals surface area contributed by atoms with Crippen LogP contribution in [0.2, 0.25) is 0 Å². The summed E-state index contributed by atoms with van der Waals surface area (Å²) in [5.74, 6) is -0.456. The van der Waals surface area contributed by atoms with Crippen LogP contribution in [0.1, 0.15) is 43.6 Å². The predicted octanol–water partition coefficient (Wildman–Crippen LogP) is 2.82. The minimum Gasteiger partial charge on any atom is -0.505 e. The maximum Gasteiger partial charge on any atom is 0.319 e. The van der Waals surface area contributed by atoms with Gasteiger partial charge in [0, 0.05) is 5.54 Å². The normalized spacial score (nSPS) is 11.0. The van der Waals surface area contributed by atoms with Gasteiger partial charge in [0.1, 0.15) is 5.75 Å². The van der Waals surface area contributed by atoms with E-state index in [1.54, 1.807) is 19.1 Å². The Bertz CT molecular complexity index is 516. The third-order valence-corrected chi connectivity index (χ3v) is 2.37. The van der Waals surface area contributed by atoms with Crippen LogP contribution in [0.5, 0.6) is 5.75 Å². The van der Waals surface area contributed by atoms with Crippen LogP contribution in [-0.4, -0.2) is 22.5 Å². The standard InChI is InChI=1S/C14H20N2O3/c1-8-6-10(9(2)17)12(18)11(7-8)15-13(19)16-14(3,4)5/h6-7,18H,1-5H3,(H2,15,16,19). The number of carbonyl (C=O) groups is 2. The van der Waals surface area contributed by atoms with Crippen LogP contribution in [0.15, 0.2) is 12.1 Å². The van der Waals surface area contributed by atoms with Crippen LogP contribution in [0.4, 0.5) is 10.5 Å². The summed E-state index contributed by atoms with van der Waals surface area (Å²) in [6.07, 6.45) is 0. The number of rotatable bonds is 2. The third kappa shape index (κ3) is 4.28. The van der Waals surface area contributed by atoms with Gasteiger partial charge in [-0.3, -0.25) is 4.79 Å². The Kier molecular flexibility index (Phi) is 4.19. The summed E-state index contributed by atoms with van der Waals surface area (Å²) in [7, 11) is 0. The van der Waals surface area contributed by atoms with Crippen LogP contribution < -0.4 is 10.6 Å². The Hall–Kier alpha value is -2.04. The summed E-state index contributed by atoms with van der Waals surface area (Å²) in [6.45, 7) is 8.71. The van der Waals surface area contributed by atoms with E-state index in [0.717, 1.165) is 5.56 Å². The van der Waals surface area contributed by atoms with E-state index in [1.807, 2.05) is 20.8 Å². The lowest BCUT2D eigenvalue weighted by atomic mass is 10.1. The van der Waals surface area contributed by atoms with Gasteiger partial charge in [-0.05, 0) is 52.3 Å². The largest absolute Gasteiger partial charge is 0.505 e. The Morgan fingerprint density at radius 2 is 1.79 bits per heavy atom. The first-order chi connectivity index (χ1) is 8.60. The molecule has 104 valence electrons.